The Balaban J connectivity index is 0.00000280. The van der Waals surface area contributed by atoms with Crippen molar-refractivity contribution in [1.82, 2.24) is 25.5 Å². The minimum absolute atomic E-state index is 0. The molecular formula is C20H26ClN6S-. The second kappa shape index (κ2) is 11.7. The number of thioether (sulfide) groups is 1. The molecule has 0 spiro atoms. The van der Waals surface area contributed by atoms with Gasteiger partial charge in [0.2, 0.25) is 5.16 Å². The third-order valence-corrected chi connectivity index (χ3v) is 5.27. The van der Waals surface area contributed by atoms with Crippen LogP contribution in [0.2, 0.25) is 0 Å². The fraction of sp³-hybridized carbons (Fsp3) is 0.350. The number of tetrazole rings is 1. The van der Waals surface area contributed by atoms with Crippen LogP contribution in [0.3, 0.4) is 0 Å². The quantitative estimate of drug-likeness (QED) is 0.380. The molecule has 0 aliphatic rings. The van der Waals surface area contributed by atoms with E-state index in [0.717, 1.165) is 42.8 Å². The summed E-state index contributed by atoms with van der Waals surface area (Å²) in [5.74, 6) is 0.907. The molecule has 150 valence electrons. The van der Waals surface area contributed by atoms with E-state index in [2.05, 4.69) is 63.9 Å². The van der Waals surface area contributed by atoms with Gasteiger partial charge in [0.25, 0.3) is 0 Å². The number of aromatic nitrogens is 4. The first kappa shape index (κ1) is 22.2. The van der Waals surface area contributed by atoms with Crippen LogP contribution in [0.15, 0.2) is 59.8 Å². The summed E-state index contributed by atoms with van der Waals surface area (Å²) in [7, 11) is 0. The highest BCUT2D eigenvalue weighted by Gasteiger charge is 2.08. The molecule has 0 atom stereocenters. The van der Waals surface area contributed by atoms with E-state index >= 15 is 0 Å². The van der Waals surface area contributed by atoms with Crippen LogP contribution >= 0.6 is 11.8 Å². The average molecular weight is 418 g/mol. The highest BCUT2D eigenvalue weighted by Crippen LogP contribution is 2.17. The highest BCUT2D eigenvalue weighted by atomic mass is 35.5. The van der Waals surface area contributed by atoms with Crippen molar-refractivity contribution in [3.63, 3.8) is 0 Å². The Labute approximate surface area is 177 Å². The van der Waals surface area contributed by atoms with Gasteiger partial charge in [0, 0.05) is 37.6 Å². The van der Waals surface area contributed by atoms with Crippen LogP contribution in [0.25, 0.3) is 5.69 Å². The molecule has 0 aliphatic heterocycles. The largest absolute Gasteiger partial charge is 1.00 e. The van der Waals surface area contributed by atoms with Crippen molar-refractivity contribution < 1.29 is 12.4 Å². The monoisotopic (exact) mass is 417 g/mol. The molecule has 3 rings (SSSR count). The topological polar surface area (TPSA) is 58.9 Å². The minimum Gasteiger partial charge on any atom is -1.00 e. The molecule has 28 heavy (non-hydrogen) atoms. The fourth-order valence-corrected chi connectivity index (χ4v) is 3.65. The number of anilines is 1. The van der Waals surface area contributed by atoms with Gasteiger partial charge in [-0.25, -0.2) is 0 Å². The van der Waals surface area contributed by atoms with Crippen LogP contribution in [-0.2, 0) is 6.54 Å². The van der Waals surface area contributed by atoms with Crippen LogP contribution in [-0.4, -0.2) is 45.6 Å². The van der Waals surface area contributed by atoms with Gasteiger partial charge >= 0.3 is 0 Å². The smallest absolute Gasteiger partial charge is 0.214 e. The predicted octanol–water partition coefficient (Wildman–Crippen LogP) is 0.394. The standard InChI is InChI=1S/C20H26N6S.ClH/c1-3-25(4-2)18-12-10-17(11-13-18)16-21-14-15-27-20-22-23-24-26(20)19-8-6-5-7-9-19;/h5-13,21H,3-4,14-16H2,1-2H3;1H/p-1. The summed E-state index contributed by atoms with van der Waals surface area (Å²) >= 11 is 1.65. The van der Waals surface area contributed by atoms with Crippen LogP contribution in [0, 0.1) is 0 Å². The fourth-order valence-electron chi connectivity index (χ4n) is 2.86. The molecule has 0 amide bonds. The molecule has 0 saturated heterocycles. The van der Waals surface area contributed by atoms with Crippen molar-refractivity contribution in [3.8, 4) is 5.69 Å². The molecule has 0 fully saturated rings. The van der Waals surface area contributed by atoms with Gasteiger partial charge in [0.05, 0.1) is 5.69 Å². The summed E-state index contributed by atoms with van der Waals surface area (Å²) in [6, 6.07) is 18.8. The summed E-state index contributed by atoms with van der Waals surface area (Å²) in [6.07, 6.45) is 0. The number of rotatable bonds is 10. The van der Waals surface area contributed by atoms with Crippen LogP contribution in [0.5, 0.6) is 0 Å². The van der Waals surface area contributed by atoms with Crippen LogP contribution in [0.1, 0.15) is 19.4 Å². The lowest BCUT2D eigenvalue weighted by Gasteiger charge is -2.21. The van der Waals surface area contributed by atoms with Crippen molar-refractivity contribution in [2.75, 3.05) is 30.3 Å². The van der Waals surface area contributed by atoms with Gasteiger partial charge in [-0.2, -0.15) is 4.68 Å². The van der Waals surface area contributed by atoms with Gasteiger partial charge in [0.1, 0.15) is 0 Å². The molecule has 0 unspecified atom stereocenters. The van der Waals surface area contributed by atoms with E-state index < -0.39 is 0 Å². The van der Waals surface area contributed by atoms with E-state index in [1.165, 1.54) is 11.3 Å². The van der Waals surface area contributed by atoms with Crippen molar-refractivity contribution in [2.24, 2.45) is 0 Å². The number of halogens is 1. The van der Waals surface area contributed by atoms with Gasteiger partial charge in [-0.1, -0.05) is 42.1 Å². The number of nitrogens with zero attached hydrogens (tertiary/aromatic N) is 5. The molecule has 0 bridgehead atoms. The second-order valence-corrected chi connectivity index (χ2v) is 7.13. The number of benzene rings is 2. The number of para-hydroxylation sites is 1. The Hall–Kier alpha value is -2.09. The summed E-state index contributed by atoms with van der Waals surface area (Å²) in [4.78, 5) is 2.35. The molecule has 0 radical (unpaired) electrons. The zero-order valence-electron chi connectivity index (χ0n) is 16.3. The maximum atomic E-state index is 4.12. The predicted molar refractivity (Wildman–Crippen MR) is 112 cm³/mol. The van der Waals surface area contributed by atoms with Gasteiger partial charge in [-0.3, -0.25) is 0 Å². The van der Waals surface area contributed by atoms with Gasteiger partial charge in [-0.15, -0.1) is 5.10 Å². The Morgan fingerprint density at radius 3 is 2.39 bits per heavy atom. The molecule has 1 N–H and O–H groups in total. The molecule has 6 nitrogen and oxygen atoms in total. The van der Waals surface area contributed by atoms with Crippen molar-refractivity contribution in [3.05, 3.63) is 60.2 Å². The molecule has 8 heteroatoms. The number of nitrogens with one attached hydrogen (secondary N) is 1. The first-order chi connectivity index (χ1) is 13.3. The van der Waals surface area contributed by atoms with Gasteiger partial charge in [0.15, 0.2) is 0 Å². The molecule has 0 saturated carbocycles. The van der Waals surface area contributed by atoms with Crippen molar-refractivity contribution >= 4 is 17.4 Å². The summed E-state index contributed by atoms with van der Waals surface area (Å²) in [5, 5.41) is 16.3. The zero-order chi connectivity index (χ0) is 18.9. The van der Waals surface area contributed by atoms with E-state index in [1.54, 1.807) is 16.4 Å². The minimum atomic E-state index is 0. The lowest BCUT2D eigenvalue weighted by atomic mass is 10.2. The molecule has 1 heterocycles. The SMILES string of the molecule is CCN(CC)c1ccc(CNCCSc2nnnn2-c2ccccc2)cc1.[Cl-]. The molecule has 3 aromatic rings. The van der Waals surface area contributed by atoms with Crippen molar-refractivity contribution in [2.45, 2.75) is 25.5 Å². The van der Waals surface area contributed by atoms with E-state index in [1.807, 2.05) is 30.3 Å². The third kappa shape index (κ3) is 5.95. The van der Waals surface area contributed by atoms with E-state index in [4.69, 9.17) is 0 Å². The van der Waals surface area contributed by atoms with Gasteiger partial charge in [-0.05, 0) is 54.1 Å². The Morgan fingerprint density at radius 1 is 1.00 bits per heavy atom. The maximum absolute atomic E-state index is 4.12. The van der Waals surface area contributed by atoms with E-state index in [0.29, 0.717) is 0 Å². The lowest BCUT2D eigenvalue weighted by Crippen LogP contribution is -3.00. The molecular weight excluding hydrogens is 392 g/mol. The van der Waals surface area contributed by atoms with E-state index in [-0.39, 0.29) is 12.4 Å². The summed E-state index contributed by atoms with van der Waals surface area (Å²) < 4.78 is 1.77. The number of hydrogen-bond acceptors (Lipinski definition) is 6. The molecule has 0 aliphatic carbocycles. The first-order valence-corrected chi connectivity index (χ1v) is 10.3. The number of hydrogen-bond donors (Lipinski definition) is 1. The van der Waals surface area contributed by atoms with Crippen LogP contribution < -0.4 is 22.6 Å². The Morgan fingerprint density at radius 2 is 1.71 bits per heavy atom. The third-order valence-electron chi connectivity index (χ3n) is 4.35. The zero-order valence-corrected chi connectivity index (χ0v) is 17.8. The maximum Gasteiger partial charge on any atom is 0.214 e. The Bertz CT molecular complexity index is 805. The summed E-state index contributed by atoms with van der Waals surface area (Å²) in [5.41, 5.74) is 3.56. The summed E-state index contributed by atoms with van der Waals surface area (Å²) in [6.45, 7) is 8.20. The Kier molecular flexibility index (Phi) is 9.27. The van der Waals surface area contributed by atoms with Crippen molar-refractivity contribution in [1.29, 1.82) is 0 Å². The normalized spacial score (nSPS) is 10.5. The lowest BCUT2D eigenvalue weighted by molar-refractivity contribution is -0.00000568. The highest BCUT2D eigenvalue weighted by molar-refractivity contribution is 7.99. The first-order valence-electron chi connectivity index (χ1n) is 9.33. The van der Waals surface area contributed by atoms with E-state index in [9.17, 15) is 0 Å². The molecule has 2 aromatic carbocycles. The molecule has 1 aromatic heterocycles. The van der Waals surface area contributed by atoms with Crippen LogP contribution in [0.4, 0.5) is 5.69 Å². The second-order valence-electron chi connectivity index (χ2n) is 6.07. The average Bonchev–Trinajstić information content (AvgIpc) is 3.19. The van der Waals surface area contributed by atoms with Gasteiger partial charge < -0.3 is 22.6 Å².